The third-order valence-electron chi connectivity index (χ3n) is 1.68. The Morgan fingerprint density at radius 2 is 2.00 bits per heavy atom. The number of nitrogens with one attached hydrogen (secondary N) is 1. The second-order valence-corrected chi connectivity index (χ2v) is 2.61. The molecule has 12 heavy (non-hydrogen) atoms. The summed E-state index contributed by atoms with van der Waals surface area (Å²) in [7, 11) is 3.23. The molecule has 0 amide bonds. The van der Waals surface area contributed by atoms with Crippen molar-refractivity contribution in [3.63, 3.8) is 0 Å². The van der Waals surface area contributed by atoms with Crippen molar-refractivity contribution in [1.82, 2.24) is 5.64 Å². The van der Waals surface area contributed by atoms with Crippen LogP contribution in [0.15, 0.2) is 0 Å². The molecular weight excluding hydrogens is 162 g/mol. The van der Waals surface area contributed by atoms with Gasteiger partial charge in [0.2, 0.25) is 0 Å². The van der Waals surface area contributed by atoms with Crippen molar-refractivity contribution < 1.29 is 19.5 Å². The molecule has 5 heteroatoms. The standard InChI is InChI=1S/C7H17NO4/c1-6(4-10-2)7(11-3)5-12-8-9/h6-9H,4-5H2,1-3H3. The minimum Gasteiger partial charge on any atom is -0.384 e. The Morgan fingerprint density at radius 3 is 2.42 bits per heavy atom. The minimum absolute atomic E-state index is 0.0791. The third-order valence-corrected chi connectivity index (χ3v) is 1.68. The van der Waals surface area contributed by atoms with Crippen molar-refractivity contribution in [2.75, 3.05) is 27.4 Å². The first-order chi connectivity index (χ1) is 5.76. The largest absolute Gasteiger partial charge is 0.384 e. The summed E-state index contributed by atoms with van der Waals surface area (Å²) in [6, 6.07) is 0. The minimum atomic E-state index is -0.0791. The molecule has 0 spiro atoms. The van der Waals surface area contributed by atoms with Crippen molar-refractivity contribution in [2.24, 2.45) is 5.92 Å². The van der Waals surface area contributed by atoms with Crippen molar-refractivity contribution >= 4 is 0 Å². The van der Waals surface area contributed by atoms with Crippen LogP contribution in [0.3, 0.4) is 0 Å². The number of rotatable bonds is 7. The zero-order valence-corrected chi connectivity index (χ0v) is 7.74. The zero-order valence-electron chi connectivity index (χ0n) is 7.74. The van der Waals surface area contributed by atoms with Gasteiger partial charge in [-0.05, 0) is 0 Å². The normalized spacial score (nSPS) is 16.0. The van der Waals surface area contributed by atoms with E-state index >= 15 is 0 Å². The topological polar surface area (TPSA) is 60.0 Å². The summed E-state index contributed by atoms with van der Waals surface area (Å²) in [5.41, 5.74) is 1.61. The van der Waals surface area contributed by atoms with Crippen LogP contribution in [0.1, 0.15) is 6.92 Å². The van der Waals surface area contributed by atoms with Gasteiger partial charge in [-0.1, -0.05) is 12.6 Å². The van der Waals surface area contributed by atoms with Crippen LogP contribution in [0.5, 0.6) is 0 Å². The van der Waals surface area contributed by atoms with E-state index in [1.165, 1.54) is 0 Å². The molecule has 0 radical (unpaired) electrons. The molecule has 0 saturated heterocycles. The first kappa shape index (κ1) is 11.8. The van der Waals surface area contributed by atoms with Gasteiger partial charge in [0.05, 0.1) is 19.3 Å². The number of ether oxygens (including phenoxy) is 2. The molecule has 0 fully saturated rings. The van der Waals surface area contributed by atoms with Crippen LogP contribution < -0.4 is 5.64 Å². The van der Waals surface area contributed by atoms with E-state index in [9.17, 15) is 0 Å². The second-order valence-electron chi connectivity index (χ2n) is 2.61. The van der Waals surface area contributed by atoms with Crippen molar-refractivity contribution in [1.29, 1.82) is 0 Å². The fourth-order valence-electron chi connectivity index (χ4n) is 0.954. The van der Waals surface area contributed by atoms with Crippen molar-refractivity contribution in [3.8, 4) is 0 Å². The molecule has 0 bridgehead atoms. The van der Waals surface area contributed by atoms with Crippen LogP contribution in [-0.2, 0) is 14.3 Å². The lowest BCUT2D eigenvalue weighted by molar-refractivity contribution is -0.159. The van der Waals surface area contributed by atoms with E-state index in [1.807, 2.05) is 6.92 Å². The molecule has 74 valence electrons. The molecule has 0 aromatic rings. The molecule has 2 N–H and O–H groups in total. The molecule has 2 atom stereocenters. The van der Waals surface area contributed by atoms with Crippen LogP contribution in [-0.4, -0.2) is 38.7 Å². The van der Waals surface area contributed by atoms with E-state index in [2.05, 4.69) is 4.84 Å². The summed E-state index contributed by atoms with van der Waals surface area (Å²) in [6.45, 7) is 2.88. The van der Waals surface area contributed by atoms with Gasteiger partial charge in [-0.25, -0.2) is 0 Å². The molecule has 0 rings (SSSR count). The van der Waals surface area contributed by atoms with Gasteiger partial charge in [-0.2, -0.15) is 0 Å². The average Bonchev–Trinajstić information content (AvgIpc) is 2.06. The summed E-state index contributed by atoms with van der Waals surface area (Å²) >= 11 is 0. The summed E-state index contributed by atoms with van der Waals surface area (Å²) in [5, 5.41) is 8.16. The highest BCUT2D eigenvalue weighted by atomic mass is 16.8. The van der Waals surface area contributed by atoms with Crippen LogP contribution >= 0.6 is 0 Å². The van der Waals surface area contributed by atoms with Gasteiger partial charge in [0.1, 0.15) is 0 Å². The van der Waals surface area contributed by atoms with E-state index in [0.29, 0.717) is 6.61 Å². The first-order valence-corrected chi connectivity index (χ1v) is 3.78. The molecule has 0 heterocycles. The third kappa shape index (κ3) is 4.63. The average molecular weight is 179 g/mol. The lowest BCUT2D eigenvalue weighted by Crippen LogP contribution is -2.31. The summed E-state index contributed by atoms with van der Waals surface area (Å²) in [5.74, 6) is 0.230. The predicted molar refractivity (Wildman–Crippen MR) is 42.7 cm³/mol. The summed E-state index contributed by atoms with van der Waals surface area (Å²) in [4.78, 5) is 4.58. The van der Waals surface area contributed by atoms with Crippen LogP contribution in [0.25, 0.3) is 0 Å². The van der Waals surface area contributed by atoms with Crippen LogP contribution in [0, 0.1) is 5.92 Å². The maximum atomic E-state index is 8.16. The van der Waals surface area contributed by atoms with E-state index in [-0.39, 0.29) is 18.6 Å². The molecule has 2 unspecified atom stereocenters. The van der Waals surface area contributed by atoms with Crippen LogP contribution in [0.4, 0.5) is 0 Å². The fourth-order valence-corrected chi connectivity index (χ4v) is 0.954. The van der Waals surface area contributed by atoms with Gasteiger partial charge in [0.15, 0.2) is 0 Å². The zero-order chi connectivity index (χ0) is 9.40. The molecule has 0 aliphatic heterocycles. The van der Waals surface area contributed by atoms with E-state index < -0.39 is 0 Å². The quantitative estimate of drug-likeness (QED) is 0.546. The Balaban J connectivity index is 3.62. The molecule has 5 nitrogen and oxygen atoms in total. The Morgan fingerprint density at radius 1 is 1.33 bits per heavy atom. The Hall–Kier alpha value is -0.200. The van der Waals surface area contributed by atoms with Crippen molar-refractivity contribution in [2.45, 2.75) is 13.0 Å². The van der Waals surface area contributed by atoms with Gasteiger partial charge in [-0.3, -0.25) is 10.0 Å². The highest BCUT2D eigenvalue weighted by molar-refractivity contribution is 4.64. The second kappa shape index (κ2) is 7.45. The molecular formula is C7H17NO4. The van der Waals surface area contributed by atoms with E-state index in [0.717, 1.165) is 0 Å². The number of methoxy groups -OCH3 is 2. The van der Waals surface area contributed by atoms with Gasteiger partial charge in [0.25, 0.3) is 0 Å². The molecule has 0 saturated carbocycles. The monoisotopic (exact) mass is 179 g/mol. The Labute approximate surface area is 72.5 Å². The predicted octanol–water partition coefficient (Wildman–Crippen LogP) is 0.194. The van der Waals surface area contributed by atoms with Crippen molar-refractivity contribution in [3.05, 3.63) is 0 Å². The van der Waals surface area contributed by atoms with Gasteiger partial charge in [0, 0.05) is 20.1 Å². The smallest absolute Gasteiger partial charge is 0.0974 e. The summed E-state index contributed by atoms with van der Waals surface area (Å²) in [6.07, 6.45) is -0.0791. The maximum Gasteiger partial charge on any atom is 0.0974 e. The Kier molecular flexibility index (Phi) is 7.33. The van der Waals surface area contributed by atoms with Gasteiger partial charge < -0.3 is 9.47 Å². The number of hydrogen-bond acceptors (Lipinski definition) is 5. The summed E-state index contributed by atoms with van der Waals surface area (Å²) < 4.78 is 10.1. The van der Waals surface area contributed by atoms with Crippen LogP contribution in [0.2, 0.25) is 0 Å². The fraction of sp³-hybridized carbons (Fsp3) is 1.00. The van der Waals surface area contributed by atoms with E-state index in [1.54, 1.807) is 19.9 Å². The van der Waals surface area contributed by atoms with Gasteiger partial charge in [-0.15, -0.1) is 0 Å². The lowest BCUT2D eigenvalue weighted by atomic mass is 10.1. The lowest BCUT2D eigenvalue weighted by Gasteiger charge is -2.20. The molecule has 0 aliphatic rings. The molecule has 0 aromatic heterocycles. The van der Waals surface area contributed by atoms with E-state index in [4.69, 9.17) is 14.7 Å². The van der Waals surface area contributed by atoms with Gasteiger partial charge >= 0.3 is 0 Å². The maximum absolute atomic E-state index is 8.16. The first-order valence-electron chi connectivity index (χ1n) is 3.78. The number of hydrogen-bond donors (Lipinski definition) is 2. The molecule has 0 aliphatic carbocycles. The Bertz CT molecular complexity index is 101. The molecule has 0 aromatic carbocycles. The highest BCUT2D eigenvalue weighted by Gasteiger charge is 2.16. The SMILES string of the molecule is COCC(C)C(CONO)OC. The highest BCUT2D eigenvalue weighted by Crippen LogP contribution is 2.06.